The van der Waals surface area contributed by atoms with Crippen LogP contribution in [0.15, 0.2) is 42.6 Å². The van der Waals surface area contributed by atoms with Crippen LogP contribution in [0.25, 0.3) is 32.4 Å². The Kier molecular flexibility index (Phi) is 3.72. The number of hydrogen-bond donors (Lipinski definition) is 1. The number of pyridine rings is 1. The predicted molar refractivity (Wildman–Crippen MR) is 101 cm³/mol. The standard InChI is InChI=1S/C21H19NO4/c1-22-11-13-7-17(23)18(24-2)9-15(13)14-6-5-12-8-19(25-3)20(26-4)10-16(12)21(14)22/h5-11H,1-4H3/p+1. The van der Waals surface area contributed by atoms with Gasteiger partial charge >= 0.3 is 0 Å². The zero-order valence-electron chi connectivity index (χ0n) is 15.2. The number of ether oxygens (including phenoxy) is 3. The summed E-state index contributed by atoms with van der Waals surface area (Å²) in [7, 11) is 6.83. The van der Waals surface area contributed by atoms with Gasteiger partial charge in [0, 0.05) is 5.39 Å². The van der Waals surface area contributed by atoms with Gasteiger partial charge in [0.2, 0.25) is 5.52 Å². The van der Waals surface area contributed by atoms with E-state index in [-0.39, 0.29) is 5.75 Å². The van der Waals surface area contributed by atoms with Crippen molar-refractivity contribution in [3.05, 3.63) is 42.6 Å². The van der Waals surface area contributed by atoms with Crippen molar-refractivity contribution in [2.24, 2.45) is 7.05 Å². The van der Waals surface area contributed by atoms with Crippen molar-refractivity contribution < 1.29 is 23.9 Å². The van der Waals surface area contributed by atoms with E-state index >= 15 is 0 Å². The Morgan fingerprint density at radius 1 is 0.731 bits per heavy atom. The van der Waals surface area contributed by atoms with Crippen molar-refractivity contribution in [1.29, 1.82) is 0 Å². The summed E-state index contributed by atoms with van der Waals surface area (Å²) in [4.78, 5) is 0. The molecular weight excluding hydrogens is 330 g/mol. The van der Waals surface area contributed by atoms with Gasteiger partial charge in [0.05, 0.1) is 37.5 Å². The summed E-state index contributed by atoms with van der Waals surface area (Å²) in [6, 6.07) is 11.7. The first-order chi connectivity index (χ1) is 12.6. The van der Waals surface area contributed by atoms with Crippen molar-refractivity contribution in [3.63, 3.8) is 0 Å². The number of rotatable bonds is 3. The first kappa shape index (κ1) is 16.3. The second-order valence-corrected chi connectivity index (χ2v) is 6.24. The van der Waals surface area contributed by atoms with Crippen LogP contribution in [0.3, 0.4) is 0 Å². The average Bonchev–Trinajstić information content (AvgIpc) is 2.65. The summed E-state index contributed by atoms with van der Waals surface area (Å²) in [6.07, 6.45) is 2.01. The van der Waals surface area contributed by atoms with Crippen LogP contribution in [-0.2, 0) is 7.05 Å². The Labute approximate surface area is 151 Å². The number of benzene rings is 3. The van der Waals surface area contributed by atoms with Gasteiger partial charge in [0.25, 0.3) is 0 Å². The van der Waals surface area contributed by atoms with E-state index in [9.17, 15) is 5.11 Å². The number of fused-ring (bicyclic) bond motifs is 5. The highest BCUT2D eigenvalue weighted by Gasteiger charge is 2.18. The molecule has 0 saturated carbocycles. The Morgan fingerprint density at radius 3 is 2.08 bits per heavy atom. The van der Waals surface area contributed by atoms with Crippen molar-refractivity contribution in [2.75, 3.05) is 21.3 Å². The lowest BCUT2D eigenvalue weighted by Gasteiger charge is -2.11. The van der Waals surface area contributed by atoms with E-state index in [0.29, 0.717) is 17.2 Å². The topological polar surface area (TPSA) is 51.8 Å². The van der Waals surface area contributed by atoms with Crippen LogP contribution in [-0.4, -0.2) is 26.4 Å². The highest BCUT2D eigenvalue weighted by atomic mass is 16.5. The molecule has 0 aliphatic carbocycles. The van der Waals surface area contributed by atoms with Gasteiger partial charge in [-0.15, -0.1) is 0 Å². The molecule has 0 bridgehead atoms. The molecule has 132 valence electrons. The van der Waals surface area contributed by atoms with E-state index in [4.69, 9.17) is 14.2 Å². The molecule has 3 aromatic carbocycles. The van der Waals surface area contributed by atoms with E-state index in [1.165, 1.54) is 0 Å². The van der Waals surface area contributed by atoms with Crippen LogP contribution in [0.4, 0.5) is 0 Å². The molecule has 0 atom stereocenters. The smallest absolute Gasteiger partial charge is 0.220 e. The molecule has 0 unspecified atom stereocenters. The molecule has 1 heterocycles. The minimum Gasteiger partial charge on any atom is -0.504 e. The SMILES string of the molecule is COc1cc2c(cc1O)c[n+](C)c1c3cc(OC)c(OC)cc3ccc21. The third-order valence-electron chi connectivity index (χ3n) is 4.82. The highest BCUT2D eigenvalue weighted by molar-refractivity contribution is 6.14. The van der Waals surface area contributed by atoms with Gasteiger partial charge in [-0.25, -0.2) is 0 Å². The lowest BCUT2D eigenvalue weighted by Crippen LogP contribution is -2.28. The molecular formula is C21H20NO4+. The van der Waals surface area contributed by atoms with Crippen molar-refractivity contribution in [3.8, 4) is 23.0 Å². The van der Waals surface area contributed by atoms with Gasteiger partial charge in [-0.1, -0.05) is 6.07 Å². The van der Waals surface area contributed by atoms with Crippen molar-refractivity contribution in [2.45, 2.75) is 0 Å². The number of nitrogens with zero attached hydrogens (tertiary/aromatic N) is 1. The average molecular weight is 350 g/mol. The number of methoxy groups -OCH3 is 3. The summed E-state index contributed by atoms with van der Waals surface area (Å²) in [5, 5.41) is 15.3. The van der Waals surface area contributed by atoms with Gasteiger partial charge in [-0.05, 0) is 35.7 Å². The fourth-order valence-electron chi connectivity index (χ4n) is 3.59. The van der Waals surface area contributed by atoms with Crippen LogP contribution in [0, 0.1) is 0 Å². The van der Waals surface area contributed by atoms with E-state index in [1.54, 1.807) is 27.4 Å². The van der Waals surface area contributed by atoms with E-state index in [2.05, 4.69) is 16.7 Å². The first-order valence-electron chi connectivity index (χ1n) is 8.25. The van der Waals surface area contributed by atoms with Crippen LogP contribution >= 0.6 is 0 Å². The quantitative estimate of drug-likeness (QED) is 0.452. The summed E-state index contributed by atoms with van der Waals surface area (Å²) >= 11 is 0. The predicted octanol–water partition coefficient (Wildman–Crippen LogP) is 3.70. The van der Waals surface area contributed by atoms with Gasteiger partial charge in [0.15, 0.2) is 29.2 Å². The van der Waals surface area contributed by atoms with Gasteiger partial charge < -0.3 is 19.3 Å². The number of aromatic hydroxyl groups is 1. The normalized spacial score (nSPS) is 11.2. The number of hydrogen-bond acceptors (Lipinski definition) is 4. The highest BCUT2D eigenvalue weighted by Crippen LogP contribution is 2.38. The molecule has 4 aromatic rings. The lowest BCUT2D eigenvalue weighted by molar-refractivity contribution is -0.642. The minimum absolute atomic E-state index is 0.131. The van der Waals surface area contributed by atoms with Gasteiger partial charge in [-0.2, -0.15) is 4.57 Å². The molecule has 5 heteroatoms. The molecule has 0 amide bonds. The third kappa shape index (κ3) is 2.28. The second kappa shape index (κ2) is 5.95. The summed E-state index contributed by atoms with van der Waals surface area (Å²) in [6.45, 7) is 0. The van der Waals surface area contributed by atoms with Crippen LogP contribution < -0.4 is 18.8 Å². The van der Waals surface area contributed by atoms with E-state index in [1.807, 2.05) is 31.4 Å². The van der Waals surface area contributed by atoms with Gasteiger partial charge in [-0.3, -0.25) is 0 Å². The Hall–Kier alpha value is -3.21. The zero-order chi connectivity index (χ0) is 18.4. The number of phenolic OH excluding ortho intramolecular Hbond substituents is 1. The number of aryl methyl sites for hydroxylation is 1. The first-order valence-corrected chi connectivity index (χ1v) is 8.25. The number of aromatic nitrogens is 1. The van der Waals surface area contributed by atoms with E-state index < -0.39 is 0 Å². The lowest BCUT2D eigenvalue weighted by atomic mass is 10.00. The maximum atomic E-state index is 10.1. The molecule has 0 spiro atoms. The van der Waals surface area contributed by atoms with Crippen molar-refractivity contribution in [1.82, 2.24) is 0 Å². The Balaban J connectivity index is 2.18. The molecule has 0 saturated heterocycles. The molecule has 0 aliphatic rings. The summed E-state index contributed by atoms with van der Waals surface area (Å²) in [5.41, 5.74) is 1.07. The monoisotopic (exact) mass is 350 g/mol. The molecule has 5 nitrogen and oxygen atoms in total. The van der Waals surface area contributed by atoms with Crippen LogP contribution in [0.2, 0.25) is 0 Å². The van der Waals surface area contributed by atoms with Crippen molar-refractivity contribution >= 4 is 32.4 Å². The molecule has 1 N–H and O–H groups in total. The minimum atomic E-state index is 0.131. The largest absolute Gasteiger partial charge is 0.504 e. The zero-order valence-corrected chi connectivity index (χ0v) is 15.2. The second-order valence-electron chi connectivity index (χ2n) is 6.24. The van der Waals surface area contributed by atoms with Crippen LogP contribution in [0.1, 0.15) is 0 Å². The summed E-state index contributed by atoms with van der Waals surface area (Å²) in [5.74, 6) is 1.98. The van der Waals surface area contributed by atoms with E-state index in [0.717, 1.165) is 32.4 Å². The van der Waals surface area contributed by atoms with Gasteiger partial charge in [0.1, 0.15) is 7.05 Å². The van der Waals surface area contributed by atoms with Crippen LogP contribution in [0.5, 0.6) is 23.0 Å². The fraction of sp³-hybridized carbons (Fsp3) is 0.190. The maximum Gasteiger partial charge on any atom is 0.220 e. The molecule has 0 radical (unpaired) electrons. The molecule has 1 aromatic heterocycles. The molecule has 26 heavy (non-hydrogen) atoms. The molecule has 0 aliphatic heterocycles. The number of phenols is 1. The summed E-state index contributed by atoms with van der Waals surface area (Å²) < 4.78 is 18.3. The maximum absolute atomic E-state index is 10.1. The molecule has 0 fully saturated rings. The Bertz CT molecular complexity index is 1170. The molecule has 4 rings (SSSR count). The fourth-order valence-corrected chi connectivity index (χ4v) is 3.59. The Morgan fingerprint density at radius 2 is 1.38 bits per heavy atom. The third-order valence-corrected chi connectivity index (χ3v) is 4.82.